The van der Waals surface area contributed by atoms with Crippen molar-refractivity contribution in [1.29, 1.82) is 0 Å². The second-order valence-corrected chi connectivity index (χ2v) is 12.4. The van der Waals surface area contributed by atoms with Gasteiger partial charge in [-0.3, -0.25) is 4.90 Å². The molecule has 0 spiro atoms. The summed E-state index contributed by atoms with van der Waals surface area (Å²) in [7, 11) is -5.36. The minimum absolute atomic E-state index is 0.216. The molecule has 6 nitrogen and oxygen atoms in total. The second-order valence-electron chi connectivity index (χ2n) is 10.5. The summed E-state index contributed by atoms with van der Waals surface area (Å²) in [6, 6.07) is 15.3. The van der Waals surface area contributed by atoms with Gasteiger partial charge in [0.25, 0.3) is 9.84 Å². The van der Waals surface area contributed by atoms with Crippen LogP contribution in [0.1, 0.15) is 38.7 Å². The Balaban J connectivity index is 1.40. The number of alkyl halides is 3. The molecule has 2 aliphatic rings. The van der Waals surface area contributed by atoms with Crippen LogP contribution in [0.3, 0.4) is 0 Å². The Bertz CT molecular complexity index is 1390. The lowest BCUT2D eigenvalue weighted by atomic mass is 10.0. The maximum Gasteiger partial charge on any atom is 0.501 e. The first kappa shape index (κ1) is 25.8. The van der Waals surface area contributed by atoms with Crippen LogP contribution in [0.5, 0.6) is 0 Å². The lowest BCUT2D eigenvalue weighted by Gasteiger charge is -2.31. The number of nitrogens with zero attached hydrogens (tertiary/aromatic N) is 4. The van der Waals surface area contributed by atoms with Crippen molar-refractivity contribution < 1.29 is 21.6 Å². The molecule has 5 rings (SSSR count). The van der Waals surface area contributed by atoms with Crippen LogP contribution in [-0.4, -0.2) is 55.7 Å². The van der Waals surface area contributed by atoms with Gasteiger partial charge in [-0.05, 0) is 75.1 Å². The Morgan fingerprint density at radius 3 is 2.30 bits per heavy atom. The third-order valence-corrected chi connectivity index (χ3v) is 8.92. The molecule has 2 saturated heterocycles. The molecule has 0 radical (unpaired) electrons. The first-order valence-electron chi connectivity index (χ1n) is 12.5. The van der Waals surface area contributed by atoms with Crippen molar-refractivity contribution >= 4 is 32.2 Å². The highest BCUT2D eigenvalue weighted by molar-refractivity contribution is 7.92. The summed E-state index contributed by atoms with van der Waals surface area (Å²) >= 11 is 0. The Morgan fingerprint density at radius 2 is 1.62 bits per heavy atom. The Morgan fingerprint density at radius 1 is 0.946 bits per heavy atom. The van der Waals surface area contributed by atoms with Crippen LogP contribution in [0.4, 0.5) is 24.7 Å². The van der Waals surface area contributed by atoms with Crippen molar-refractivity contribution in [2.75, 3.05) is 36.1 Å². The van der Waals surface area contributed by atoms with E-state index in [0.29, 0.717) is 25.4 Å². The van der Waals surface area contributed by atoms with E-state index in [-0.39, 0.29) is 5.54 Å². The van der Waals surface area contributed by atoms with Gasteiger partial charge >= 0.3 is 5.51 Å². The molecule has 0 atom stereocenters. The van der Waals surface area contributed by atoms with Crippen molar-refractivity contribution in [3.63, 3.8) is 0 Å². The van der Waals surface area contributed by atoms with Gasteiger partial charge in [-0.1, -0.05) is 18.2 Å². The van der Waals surface area contributed by atoms with E-state index in [0.717, 1.165) is 41.9 Å². The lowest BCUT2D eigenvalue weighted by Crippen LogP contribution is -2.39. The van der Waals surface area contributed by atoms with Crippen molar-refractivity contribution in [1.82, 2.24) is 9.88 Å². The van der Waals surface area contributed by atoms with Gasteiger partial charge in [0.05, 0.1) is 17.1 Å². The minimum Gasteiger partial charge on any atom is -0.357 e. The fourth-order valence-corrected chi connectivity index (χ4v) is 6.04. The van der Waals surface area contributed by atoms with Gasteiger partial charge in [0.15, 0.2) is 0 Å². The largest absolute Gasteiger partial charge is 0.501 e. The number of para-hydroxylation sites is 1. The van der Waals surface area contributed by atoms with Gasteiger partial charge in [-0.25, -0.2) is 13.4 Å². The summed E-state index contributed by atoms with van der Waals surface area (Å²) in [5.41, 5.74) is -2.69. The molecule has 2 aromatic carbocycles. The molecule has 10 heteroatoms. The second kappa shape index (κ2) is 9.47. The molecule has 0 unspecified atom stereocenters. The normalized spacial score (nSPS) is 19.1. The molecule has 0 aliphatic carbocycles. The average molecular weight is 533 g/mol. The van der Waals surface area contributed by atoms with Crippen molar-refractivity contribution in [3.05, 3.63) is 60.2 Å². The minimum atomic E-state index is -5.36. The average Bonchev–Trinajstić information content (AvgIpc) is 3.17. The maximum absolute atomic E-state index is 12.9. The molecule has 0 N–H and O–H groups in total. The number of benzene rings is 2. The summed E-state index contributed by atoms with van der Waals surface area (Å²) in [6.07, 6.45) is 3.58. The smallest absolute Gasteiger partial charge is 0.357 e. The molecular formula is C27H31F3N4O2S. The molecule has 2 fully saturated rings. The number of sulfone groups is 1. The predicted octanol–water partition coefficient (Wildman–Crippen LogP) is 5.58. The number of fused-ring (bicyclic) bond motifs is 1. The molecule has 0 amide bonds. The molecule has 37 heavy (non-hydrogen) atoms. The van der Waals surface area contributed by atoms with Crippen molar-refractivity contribution in [3.8, 4) is 0 Å². The fourth-order valence-electron chi connectivity index (χ4n) is 5.27. The summed E-state index contributed by atoms with van der Waals surface area (Å²) in [5.74, 6) is 1.00. The summed E-state index contributed by atoms with van der Waals surface area (Å²) in [6.45, 7) is 8.21. The zero-order valence-corrected chi connectivity index (χ0v) is 21.8. The van der Waals surface area contributed by atoms with Gasteiger partial charge in [0.1, 0.15) is 5.82 Å². The van der Waals surface area contributed by atoms with Gasteiger partial charge in [-0.2, -0.15) is 13.2 Å². The van der Waals surface area contributed by atoms with E-state index in [1.54, 1.807) is 0 Å². The van der Waals surface area contributed by atoms with Gasteiger partial charge in [0, 0.05) is 42.8 Å². The number of piperidine rings is 1. The van der Waals surface area contributed by atoms with Crippen LogP contribution >= 0.6 is 0 Å². The molecule has 198 valence electrons. The third-order valence-electron chi connectivity index (χ3n) is 7.42. The van der Waals surface area contributed by atoms with Gasteiger partial charge < -0.3 is 9.80 Å². The van der Waals surface area contributed by atoms with Crippen LogP contribution < -0.4 is 9.80 Å². The molecular weight excluding hydrogens is 501 g/mol. The highest BCUT2D eigenvalue weighted by Gasteiger charge is 2.47. The number of rotatable bonds is 5. The van der Waals surface area contributed by atoms with E-state index in [1.807, 2.05) is 18.2 Å². The molecule has 1 aromatic heterocycles. The molecule has 2 aliphatic heterocycles. The Hall–Kier alpha value is -2.85. The van der Waals surface area contributed by atoms with Crippen LogP contribution in [0, 0.1) is 0 Å². The van der Waals surface area contributed by atoms with Gasteiger partial charge in [-0.15, -0.1) is 0 Å². The number of hydrogen-bond acceptors (Lipinski definition) is 6. The third kappa shape index (κ3) is 5.01. The SMILES string of the molecule is CC1(C)CN(c2ccc(S(=O)(=O)C(F)(F)F)cc2)CN1Cc1cc(N2CCCCC2)nc2ccccc12. The van der Waals surface area contributed by atoms with Crippen LogP contribution in [0.2, 0.25) is 0 Å². The van der Waals surface area contributed by atoms with E-state index >= 15 is 0 Å². The summed E-state index contributed by atoms with van der Waals surface area (Å²) < 4.78 is 62.3. The lowest BCUT2D eigenvalue weighted by molar-refractivity contribution is -0.0436. The van der Waals surface area contributed by atoms with E-state index < -0.39 is 20.2 Å². The monoisotopic (exact) mass is 532 g/mol. The molecule has 0 bridgehead atoms. The van der Waals surface area contributed by atoms with Gasteiger partial charge in [0.2, 0.25) is 0 Å². The van der Waals surface area contributed by atoms with Crippen LogP contribution in [0.25, 0.3) is 10.9 Å². The van der Waals surface area contributed by atoms with Crippen molar-refractivity contribution in [2.45, 2.75) is 55.6 Å². The van der Waals surface area contributed by atoms with Crippen molar-refractivity contribution in [2.24, 2.45) is 0 Å². The molecule has 3 heterocycles. The van der Waals surface area contributed by atoms with E-state index in [4.69, 9.17) is 4.98 Å². The van der Waals surface area contributed by atoms with E-state index in [1.165, 1.54) is 37.0 Å². The van der Waals surface area contributed by atoms with Crippen LogP contribution in [-0.2, 0) is 16.4 Å². The highest BCUT2D eigenvalue weighted by atomic mass is 32.2. The number of pyridine rings is 1. The first-order valence-corrected chi connectivity index (χ1v) is 14.0. The number of anilines is 2. The van der Waals surface area contributed by atoms with E-state index in [9.17, 15) is 21.6 Å². The highest BCUT2D eigenvalue weighted by Crippen LogP contribution is 2.35. The maximum atomic E-state index is 12.9. The van der Waals surface area contributed by atoms with Crippen LogP contribution in [0.15, 0.2) is 59.5 Å². The predicted molar refractivity (Wildman–Crippen MR) is 139 cm³/mol. The molecule has 0 saturated carbocycles. The number of halogens is 3. The zero-order chi connectivity index (χ0) is 26.4. The fraction of sp³-hybridized carbons (Fsp3) is 0.444. The molecule has 3 aromatic rings. The number of hydrogen-bond donors (Lipinski definition) is 0. The Kier molecular flexibility index (Phi) is 6.60. The standard InChI is InChI=1S/C27H31F3N4O2S/c1-26(2)18-33(21-10-12-22(13-11-21)37(35,36)27(28,29)30)19-34(26)17-20-16-25(32-14-6-3-7-15-32)31-24-9-5-4-8-23(20)24/h4-5,8-13,16H,3,6-7,14-15,17-19H2,1-2H3. The quantitative estimate of drug-likeness (QED) is 0.428. The Labute approximate surface area is 215 Å². The first-order chi connectivity index (χ1) is 17.5. The van der Waals surface area contributed by atoms with E-state index in [2.05, 4.69) is 40.7 Å². The number of aromatic nitrogens is 1. The summed E-state index contributed by atoms with van der Waals surface area (Å²) in [5, 5.41) is 1.11. The topological polar surface area (TPSA) is 56.8 Å². The zero-order valence-electron chi connectivity index (χ0n) is 21.0. The summed E-state index contributed by atoms with van der Waals surface area (Å²) in [4.78, 5) is 11.0.